The van der Waals surface area contributed by atoms with E-state index in [1.165, 1.54) is 4.68 Å². The summed E-state index contributed by atoms with van der Waals surface area (Å²) in [5.41, 5.74) is 6.53. The van der Waals surface area contributed by atoms with E-state index in [1.54, 1.807) is 13.1 Å². The molecule has 128 valence electrons. The van der Waals surface area contributed by atoms with Gasteiger partial charge in [-0.3, -0.25) is 0 Å². The highest BCUT2D eigenvalue weighted by Gasteiger charge is 2.16. The number of carboxylic acids is 1. The third kappa shape index (κ3) is 2.63. The first-order valence-corrected chi connectivity index (χ1v) is 8.28. The summed E-state index contributed by atoms with van der Waals surface area (Å²) in [6.07, 6.45) is 0. The number of aromatic nitrogens is 3. The molecular weight excluding hydrogens is 326 g/mol. The minimum absolute atomic E-state index is 0.204. The van der Waals surface area contributed by atoms with E-state index in [2.05, 4.69) is 41.5 Å². The Morgan fingerprint density at radius 2 is 1.73 bits per heavy atom. The van der Waals surface area contributed by atoms with E-state index >= 15 is 0 Å². The average molecular weight is 343 g/mol. The second kappa shape index (κ2) is 6.11. The molecule has 0 amide bonds. The standard InChI is InChI=1S/C21H17N3O2/c1-13-10-15(8-9-17(13)14-6-4-3-5-7-14)16-11-18(21(25)26)20-19(12-16)22-23-24(20)2/h3-12H,1-2H3,(H,25,26). The number of fused-ring (bicyclic) bond motifs is 1. The molecule has 1 aromatic heterocycles. The predicted molar refractivity (Wildman–Crippen MR) is 101 cm³/mol. The molecule has 26 heavy (non-hydrogen) atoms. The largest absolute Gasteiger partial charge is 0.478 e. The molecule has 0 unspecified atom stereocenters. The maximum atomic E-state index is 11.7. The molecule has 0 fully saturated rings. The predicted octanol–water partition coefficient (Wildman–Crippen LogP) is 4.31. The highest BCUT2D eigenvalue weighted by Crippen LogP contribution is 2.31. The van der Waals surface area contributed by atoms with Crippen molar-refractivity contribution in [1.29, 1.82) is 0 Å². The van der Waals surface area contributed by atoms with Gasteiger partial charge in [0.1, 0.15) is 11.0 Å². The van der Waals surface area contributed by atoms with Crippen molar-refractivity contribution < 1.29 is 9.90 Å². The van der Waals surface area contributed by atoms with Crippen molar-refractivity contribution in [2.24, 2.45) is 7.05 Å². The summed E-state index contributed by atoms with van der Waals surface area (Å²) >= 11 is 0. The molecule has 1 N–H and O–H groups in total. The number of rotatable bonds is 3. The van der Waals surface area contributed by atoms with Crippen LogP contribution in [0.25, 0.3) is 33.3 Å². The summed E-state index contributed by atoms with van der Waals surface area (Å²) < 4.78 is 1.49. The van der Waals surface area contributed by atoms with Crippen molar-refractivity contribution in [3.8, 4) is 22.3 Å². The summed E-state index contributed by atoms with van der Waals surface area (Å²) in [7, 11) is 1.69. The van der Waals surface area contributed by atoms with E-state index in [0.29, 0.717) is 11.0 Å². The molecule has 0 aliphatic rings. The number of carbonyl (C=O) groups is 1. The first-order valence-electron chi connectivity index (χ1n) is 8.28. The molecule has 0 saturated heterocycles. The summed E-state index contributed by atoms with van der Waals surface area (Å²) in [6.45, 7) is 2.06. The first-order chi connectivity index (χ1) is 12.5. The molecule has 0 aliphatic heterocycles. The Morgan fingerprint density at radius 3 is 2.42 bits per heavy atom. The van der Waals surface area contributed by atoms with Crippen molar-refractivity contribution in [2.75, 3.05) is 0 Å². The van der Waals surface area contributed by atoms with Crippen LogP contribution < -0.4 is 0 Å². The van der Waals surface area contributed by atoms with Crippen molar-refractivity contribution in [3.63, 3.8) is 0 Å². The molecule has 0 saturated carbocycles. The second-order valence-electron chi connectivity index (χ2n) is 6.31. The Kier molecular flexibility index (Phi) is 3.77. The van der Waals surface area contributed by atoms with Gasteiger partial charge in [0.2, 0.25) is 0 Å². The zero-order valence-corrected chi connectivity index (χ0v) is 14.5. The number of carboxylic acid groups (broad SMARTS) is 1. The smallest absolute Gasteiger partial charge is 0.337 e. The van der Waals surface area contributed by atoms with E-state index in [9.17, 15) is 9.90 Å². The van der Waals surface area contributed by atoms with Crippen LogP contribution in [0.15, 0.2) is 60.7 Å². The number of benzene rings is 3. The molecule has 0 bridgehead atoms. The van der Waals surface area contributed by atoms with Gasteiger partial charge in [-0.05, 0) is 46.9 Å². The maximum absolute atomic E-state index is 11.7. The fraction of sp³-hybridized carbons (Fsp3) is 0.0952. The van der Waals surface area contributed by atoms with Crippen LogP contribution in [0.4, 0.5) is 0 Å². The van der Waals surface area contributed by atoms with E-state index in [4.69, 9.17) is 0 Å². The highest BCUT2D eigenvalue weighted by atomic mass is 16.4. The van der Waals surface area contributed by atoms with E-state index in [1.807, 2.05) is 30.3 Å². The minimum atomic E-state index is -0.986. The second-order valence-corrected chi connectivity index (χ2v) is 6.31. The molecule has 0 atom stereocenters. The monoisotopic (exact) mass is 343 g/mol. The van der Waals surface area contributed by atoms with Crippen molar-refractivity contribution in [2.45, 2.75) is 6.92 Å². The molecule has 4 rings (SSSR count). The zero-order valence-electron chi connectivity index (χ0n) is 14.5. The molecule has 5 heteroatoms. The molecule has 1 heterocycles. The lowest BCUT2D eigenvalue weighted by Gasteiger charge is -2.10. The van der Waals surface area contributed by atoms with Gasteiger partial charge < -0.3 is 5.11 Å². The lowest BCUT2D eigenvalue weighted by Crippen LogP contribution is -2.02. The van der Waals surface area contributed by atoms with E-state index < -0.39 is 5.97 Å². The topological polar surface area (TPSA) is 68.0 Å². The Bertz CT molecular complexity index is 1130. The number of nitrogens with zero attached hydrogens (tertiary/aromatic N) is 3. The van der Waals surface area contributed by atoms with Crippen molar-refractivity contribution >= 4 is 17.0 Å². The van der Waals surface area contributed by atoms with Gasteiger partial charge >= 0.3 is 5.97 Å². The lowest BCUT2D eigenvalue weighted by molar-refractivity contribution is 0.0698. The molecule has 0 radical (unpaired) electrons. The Hall–Kier alpha value is -3.47. The number of hydrogen-bond acceptors (Lipinski definition) is 3. The van der Waals surface area contributed by atoms with Gasteiger partial charge in [0.05, 0.1) is 5.56 Å². The average Bonchev–Trinajstić information content (AvgIpc) is 3.02. The highest BCUT2D eigenvalue weighted by molar-refractivity contribution is 6.03. The summed E-state index contributed by atoms with van der Waals surface area (Å²) in [6, 6.07) is 19.9. The minimum Gasteiger partial charge on any atom is -0.478 e. The van der Waals surface area contributed by atoms with E-state index in [0.717, 1.165) is 27.8 Å². The van der Waals surface area contributed by atoms with Crippen LogP contribution in [0.5, 0.6) is 0 Å². The molecule has 5 nitrogen and oxygen atoms in total. The van der Waals surface area contributed by atoms with Crippen molar-refractivity contribution in [1.82, 2.24) is 15.0 Å². The van der Waals surface area contributed by atoms with Gasteiger partial charge in [-0.1, -0.05) is 53.7 Å². The molecule has 4 aromatic rings. The van der Waals surface area contributed by atoms with Gasteiger partial charge in [0.15, 0.2) is 0 Å². The van der Waals surface area contributed by atoms with Crippen LogP contribution >= 0.6 is 0 Å². The van der Waals surface area contributed by atoms with Gasteiger partial charge in [-0.2, -0.15) is 0 Å². The SMILES string of the molecule is Cc1cc(-c2cc(C(=O)O)c3c(c2)nnn3C)ccc1-c1ccccc1. The van der Waals surface area contributed by atoms with Gasteiger partial charge in [-0.15, -0.1) is 5.10 Å². The number of hydrogen-bond donors (Lipinski definition) is 1. The Labute approximate surface area is 150 Å². The van der Waals surface area contributed by atoms with Crippen LogP contribution in [-0.4, -0.2) is 26.1 Å². The van der Waals surface area contributed by atoms with Crippen LogP contribution in [0, 0.1) is 6.92 Å². The van der Waals surface area contributed by atoms with Crippen LogP contribution in [-0.2, 0) is 7.05 Å². The molecular formula is C21H17N3O2. The quantitative estimate of drug-likeness (QED) is 0.602. The molecule has 3 aromatic carbocycles. The van der Waals surface area contributed by atoms with Gasteiger partial charge in [0.25, 0.3) is 0 Å². The Morgan fingerprint density at radius 1 is 0.962 bits per heavy atom. The Balaban J connectivity index is 1.86. The molecule has 0 aliphatic carbocycles. The number of aromatic carboxylic acids is 1. The van der Waals surface area contributed by atoms with Gasteiger partial charge in [-0.25, -0.2) is 9.48 Å². The number of aryl methyl sites for hydroxylation is 2. The van der Waals surface area contributed by atoms with Crippen LogP contribution in [0.1, 0.15) is 15.9 Å². The molecule has 0 spiro atoms. The van der Waals surface area contributed by atoms with E-state index in [-0.39, 0.29) is 5.56 Å². The van der Waals surface area contributed by atoms with Crippen LogP contribution in [0.2, 0.25) is 0 Å². The summed E-state index contributed by atoms with van der Waals surface area (Å²) in [5, 5.41) is 17.6. The summed E-state index contributed by atoms with van der Waals surface area (Å²) in [5.74, 6) is -0.986. The normalized spacial score (nSPS) is 11.0. The lowest BCUT2D eigenvalue weighted by atomic mass is 9.95. The first kappa shape index (κ1) is 16.0. The van der Waals surface area contributed by atoms with Gasteiger partial charge in [0, 0.05) is 7.05 Å². The third-order valence-corrected chi connectivity index (χ3v) is 4.57. The summed E-state index contributed by atoms with van der Waals surface area (Å²) in [4.78, 5) is 11.7. The zero-order chi connectivity index (χ0) is 18.3. The van der Waals surface area contributed by atoms with Crippen LogP contribution in [0.3, 0.4) is 0 Å². The third-order valence-electron chi connectivity index (χ3n) is 4.57. The van der Waals surface area contributed by atoms with Crippen molar-refractivity contribution in [3.05, 3.63) is 71.8 Å². The fourth-order valence-corrected chi connectivity index (χ4v) is 3.31. The fourth-order valence-electron chi connectivity index (χ4n) is 3.31. The maximum Gasteiger partial charge on any atom is 0.337 e.